The first kappa shape index (κ1) is 25.0. The highest BCUT2D eigenvalue weighted by atomic mass is 16.5. The summed E-state index contributed by atoms with van der Waals surface area (Å²) in [6.07, 6.45) is 14.9. The maximum atomic E-state index is 5.39. The molecule has 1 aliphatic heterocycles. The summed E-state index contributed by atoms with van der Waals surface area (Å²) in [5, 5.41) is 0. The molecule has 2 atom stereocenters. The van der Waals surface area contributed by atoms with Crippen LogP contribution in [0.15, 0.2) is 0 Å². The Morgan fingerprint density at radius 3 is 0.920 bits per heavy atom. The Labute approximate surface area is 160 Å². The van der Waals surface area contributed by atoms with E-state index < -0.39 is 0 Å². The molecule has 3 fully saturated rings. The molecule has 0 bridgehead atoms. The van der Waals surface area contributed by atoms with Gasteiger partial charge in [0.25, 0.3) is 0 Å². The summed E-state index contributed by atoms with van der Waals surface area (Å²) in [5.41, 5.74) is 0. The van der Waals surface area contributed by atoms with Gasteiger partial charge in [0.2, 0.25) is 0 Å². The van der Waals surface area contributed by atoms with E-state index in [1.54, 1.807) is 0 Å². The van der Waals surface area contributed by atoms with Crippen LogP contribution in [-0.2, 0) is 4.74 Å². The first-order chi connectivity index (χ1) is 11.4. The number of hydrogen-bond donors (Lipinski definition) is 0. The molecule has 3 aliphatic rings. The van der Waals surface area contributed by atoms with Gasteiger partial charge in [-0.1, -0.05) is 93.4 Å². The summed E-state index contributed by atoms with van der Waals surface area (Å²) in [5.74, 6) is 4.88. The molecule has 152 valence electrons. The topological polar surface area (TPSA) is 9.23 Å². The summed E-state index contributed by atoms with van der Waals surface area (Å²) >= 11 is 0. The summed E-state index contributed by atoms with van der Waals surface area (Å²) in [7, 11) is 0. The van der Waals surface area contributed by atoms with Gasteiger partial charge >= 0.3 is 0 Å². The van der Waals surface area contributed by atoms with Gasteiger partial charge in [-0.05, 0) is 49.4 Å². The lowest BCUT2D eigenvalue weighted by Crippen LogP contribution is -2.21. The second-order valence-electron chi connectivity index (χ2n) is 9.56. The highest BCUT2D eigenvalue weighted by molar-refractivity contribution is 4.66. The van der Waals surface area contributed by atoms with E-state index >= 15 is 0 Å². The predicted molar refractivity (Wildman–Crippen MR) is 114 cm³/mol. The lowest BCUT2D eigenvalue weighted by Gasteiger charge is -2.23. The average Bonchev–Trinajstić information content (AvgIpc) is 2.57. The molecule has 3 rings (SSSR count). The zero-order chi connectivity index (χ0) is 17.9. The Morgan fingerprint density at radius 1 is 0.440 bits per heavy atom. The van der Waals surface area contributed by atoms with E-state index in [1.165, 1.54) is 64.2 Å². The fourth-order valence-corrected chi connectivity index (χ4v) is 3.87. The van der Waals surface area contributed by atoms with E-state index in [9.17, 15) is 0 Å². The van der Waals surface area contributed by atoms with Crippen molar-refractivity contribution in [1.29, 1.82) is 0 Å². The lowest BCUT2D eigenvalue weighted by molar-refractivity contribution is 0.000267. The molecule has 0 aromatic rings. The largest absolute Gasteiger partial charge is 0.378 e. The van der Waals surface area contributed by atoms with Gasteiger partial charge in [0, 0.05) is 6.61 Å². The number of hydrogen-bond acceptors (Lipinski definition) is 1. The molecule has 1 heterocycles. The molecule has 2 aliphatic carbocycles. The van der Waals surface area contributed by atoms with Gasteiger partial charge in [-0.25, -0.2) is 0 Å². The lowest BCUT2D eigenvalue weighted by atomic mass is 9.84. The molecule has 0 N–H and O–H groups in total. The second-order valence-corrected chi connectivity index (χ2v) is 9.56. The molecule has 0 spiro atoms. The van der Waals surface area contributed by atoms with E-state index in [4.69, 9.17) is 4.74 Å². The van der Waals surface area contributed by atoms with Gasteiger partial charge in [-0.15, -0.1) is 0 Å². The van der Waals surface area contributed by atoms with Crippen molar-refractivity contribution >= 4 is 0 Å². The van der Waals surface area contributed by atoms with Crippen molar-refractivity contribution in [2.45, 2.75) is 119 Å². The van der Waals surface area contributed by atoms with Gasteiger partial charge in [-0.2, -0.15) is 0 Å². The van der Waals surface area contributed by atoms with Crippen LogP contribution in [0.1, 0.15) is 113 Å². The van der Waals surface area contributed by atoms with Gasteiger partial charge in [-0.3, -0.25) is 0 Å². The van der Waals surface area contributed by atoms with Crippen LogP contribution in [0.4, 0.5) is 0 Å². The standard InChI is InChI=1S/2C8H16.C7H14O.CH4/c2*1-7-3-5-8(2)6-4-7;1-6-3-4-7(2)8-5-6;/h2*7-8H,3-6H2,1-2H3;6-7H,3-5H2,1-2H3;1H4. The SMILES string of the molecule is C.CC1CCC(C)CC1.CC1CCC(C)CC1.CC1CCC(C)OC1. The monoisotopic (exact) mass is 354 g/mol. The van der Waals surface area contributed by atoms with E-state index in [2.05, 4.69) is 41.5 Å². The van der Waals surface area contributed by atoms with Gasteiger partial charge < -0.3 is 4.74 Å². The quantitative estimate of drug-likeness (QED) is 0.426. The molecule has 0 aromatic carbocycles. The molecule has 1 saturated heterocycles. The fraction of sp³-hybridized carbons (Fsp3) is 1.00. The van der Waals surface area contributed by atoms with Crippen molar-refractivity contribution in [2.24, 2.45) is 29.6 Å². The Balaban J connectivity index is 0.000000339. The molecule has 0 radical (unpaired) electrons. The summed E-state index contributed by atoms with van der Waals surface area (Å²) in [4.78, 5) is 0. The van der Waals surface area contributed by atoms with Crippen LogP contribution in [0.25, 0.3) is 0 Å². The van der Waals surface area contributed by atoms with Crippen molar-refractivity contribution in [3.63, 3.8) is 0 Å². The highest BCUT2D eigenvalue weighted by Crippen LogP contribution is 2.27. The van der Waals surface area contributed by atoms with Crippen molar-refractivity contribution in [3.8, 4) is 0 Å². The molecule has 0 amide bonds. The maximum Gasteiger partial charge on any atom is 0.0547 e. The van der Waals surface area contributed by atoms with E-state index in [0.29, 0.717) is 6.10 Å². The average molecular weight is 355 g/mol. The van der Waals surface area contributed by atoms with Crippen LogP contribution in [0.3, 0.4) is 0 Å². The maximum absolute atomic E-state index is 5.39. The smallest absolute Gasteiger partial charge is 0.0547 e. The minimum atomic E-state index is 0. The van der Waals surface area contributed by atoms with Crippen LogP contribution in [0.2, 0.25) is 0 Å². The molecule has 2 unspecified atom stereocenters. The van der Waals surface area contributed by atoms with Crippen LogP contribution < -0.4 is 0 Å². The molecule has 0 aromatic heterocycles. The van der Waals surface area contributed by atoms with Gasteiger partial charge in [0.05, 0.1) is 6.10 Å². The Bertz CT molecular complexity index is 199. The first-order valence-electron chi connectivity index (χ1n) is 11.0. The summed E-state index contributed by atoms with van der Waals surface area (Å²) in [6.45, 7) is 14.8. The minimum absolute atomic E-state index is 0. The molecule has 1 nitrogen and oxygen atoms in total. The minimum Gasteiger partial charge on any atom is -0.378 e. The Morgan fingerprint density at radius 2 is 0.720 bits per heavy atom. The fourth-order valence-electron chi connectivity index (χ4n) is 3.87. The van der Waals surface area contributed by atoms with Crippen molar-refractivity contribution in [2.75, 3.05) is 6.61 Å². The Hall–Kier alpha value is -0.0400. The molecule has 1 heteroatoms. The summed E-state index contributed by atoms with van der Waals surface area (Å²) in [6, 6.07) is 0. The summed E-state index contributed by atoms with van der Waals surface area (Å²) < 4.78 is 5.39. The normalized spacial score (nSPS) is 38.2. The van der Waals surface area contributed by atoms with E-state index in [-0.39, 0.29) is 7.43 Å². The Kier molecular flexibility index (Phi) is 14.0. The number of ether oxygens (including phenoxy) is 1. The first-order valence-corrected chi connectivity index (χ1v) is 11.0. The molecule has 25 heavy (non-hydrogen) atoms. The molecular weight excluding hydrogens is 304 g/mol. The third-order valence-corrected chi connectivity index (χ3v) is 6.34. The second kappa shape index (κ2) is 14.1. The molecular formula is C24H50O. The van der Waals surface area contributed by atoms with Crippen LogP contribution in [0, 0.1) is 29.6 Å². The van der Waals surface area contributed by atoms with Gasteiger partial charge in [0.1, 0.15) is 0 Å². The molecule has 2 saturated carbocycles. The van der Waals surface area contributed by atoms with E-state index in [1.807, 2.05) is 0 Å². The van der Waals surface area contributed by atoms with Crippen LogP contribution in [0.5, 0.6) is 0 Å². The van der Waals surface area contributed by atoms with Crippen molar-refractivity contribution in [1.82, 2.24) is 0 Å². The third-order valence-electron chi connectivity index (χ3n) is 6.34. The third kappa shape index (κ3) is 12.9. The van der Waals surface area contributed by atoms with Crippen molar-refractivity contribution < 1.29 is 4.74 Å². The van der Waals surface area contributed by atoms with Gasteiger partial charge in [0.15, 0.2) is 0 Å². The zero-order valence-corrected chi connectivity index (χ0v) is 17.7. The van der Waals surface area contributed by atoms with Crippen LogP contribution in [-0.4, -0.2) is 12.7 Å². The van der Waals surface area contributed by atoms with E-state index in [0.717, 1.165) is 36.2 Å². The highest BCUT2D eigenvalue weighted by Gasteiger charge is 2.14. The zero-order valence-electron chi connectivity index (χ0n) is 17.7. The predicted octanol–water partition coefficient (Wildman–Crippen LogP) is 8.12. The number of rotatable bonds is 0. The van der Waals surface area contributed by atoms with Crippen molar-refractivity contribution in [3.05, 3.63) is 0 Å². The van der Waals surface area contributed by atoms with Crippen LogP contribution >= 0.6 is 0 Å².